The Bertz CT molecular complexity index is 685. The van der Waals surface area contributed by atoms with Crippen LogP contribution in [0.25, 0.3) is 11.3 Å². The van der Waals surface area contributed by atoms with Gasteiger partial charge in [0.1, 0.15) is 5.69 Å². The standard InChI is InChI=1S/C18H24N4O3/c1-3-13(2)21-17(23)9-10-19-18(24)20-12-15-11-16(22-25-15)14-7-5-4-6-8-14/h4-8,11,13H,3,9-10,12H2,1-2H3,(H,21,23)(H2,19,20,24). The van der Waals surface area contributed by atoms with Gasteiger partial charge < -0.3 is 20.5 Å². The van der Waals surface area contributed by atoms with Crippen molar-refractivity contribution in [1.82, 2.24) is 21.1 Å². The van der Waals surface area contributed by atoms with Crippen LogP contribution in [0.15, 0.2) is 40.9 Å². The SMILES string of the molecule is CCC(C)NC(=O)CCNC(=O)NCc1cc(-c2ccccc2)no1. The normalized spacial score (nSPS) is 11.6. The Hall–Kier alpha value is -2.83. The lowest BCUT2D eigenvalue weighted by atomic mass is 10.1. The van der Waals surface area contributed by atoms with Crippen molar-refractivity contribution in [2.75, 3.05) is 6.54 Å². The zero-order valence-electron chi connectivity index (χ0n) is 14.5. The summed E-state index contributed by atoms with van der Waals surface area (Å²) < 4.78 is 5.21. The Morgan fingerprint density at radius 1 is 1.20 bits per heavy atom. The Balaban J connectivity index is 1.69. The highest BCUT2D eigenvalue weighted by Crippen LogP contribution is 2.18. The number of hydrogen-bond donors (Lipinski definition) is 3. The molecule has 3 amide bonds. The lowest BCUT2D eigenvalue weighted by molar-refractivity contribution is -0.121. The highest BCUT2D eigenvalue weighted by molar-refractivity contribution is 5.78. The third kappa shape index (κ3) is 6.29. The van der Waals surface area contributed by atoms with Crippen LogP contribution in [0.4, 0.5) is 4.79 Å². The smallest absolute Gasteiger partial charge is 0.315 e. The van der Waals surface area contributed by atoms with Crippen LogP contribution in [0, 0.1) is 0 Å². The molecule has 0 spiro atoms. The van der Waals surface area contributed by atoms with Crippen LogP contribution in [0.1, 0.15) is 32.4 Å². The van der Waals surface area contributed by atoms with E-state index in [1.807, 2.05) is 44.2 Å². The van der Waals surface area contributed by atoms with Gasteiger partial charge in [0.2, 0.25) is 5.91 Å². The second-order valence-corrected chi connectivity index (χ2v) is 5.78. The Labute approximate surface area is 147 Å². The van der Waals surface area contributed by atoms with E-state index in [2.05, 4.69) is 21.1 Å². The number of urea groups is 1. The molecule has 1 aromatic carbocycles. The van der Waals surface area contributed by atoms with Crippen molar-refractivity contribution in [2.45, 2.75) is 39.3 Å². The van der Waals surface area contributed by atoms with Gasteiger partial charge in [0, 0.05) is 30.6 Å². The molecule has 7 nitrogen and oxygen atoms in total. The second kappa shape index (κ2) is 9.46. The number of hydrogen-bond acceptors (Lipinski definition) is 4. The number of aromatic nitrogens is 1. The molecule has 25 heavy (non-hydrogen) atoms. The summed E-state index contributed by atoms with van der Waals surface area (Å²) in [4.78, 5) is 23.3. The average Bonchev–Trinajstić information content (AvgIpc) is 3.09. The van der Waals surface area contributed by atoms with Gasteiger partial charge in [0.05, 0.1) is 6.54 Å². The molecule has 0 fully saturated rings. The third-order valence-electron chi connectivity index (χ3n) is 3.71. The topological polar surface area (TPSA) is 96.3 Å². The van der Waals surface area contributed by atoms with Gasteiger partial charge in [0.25, 0.3) is 0 Å². The molecule has 134 valence electrons. The third-order valence-corrected chi connectivity index (χ3v) is 3.71. The summed E-state index contributed by atoms with van der Waals surface area (Å²) in [5, 5.41) is 12.1. The molecule has 2 aromatic rings. The van der Waals surface area contributed by atoms with Crippen LogP contribution in [-0.2, 0) is 11.3 Å². The van der Waals surface area contributed by atoms with Crippen molar-refractivity contribution >= 4 is 11.9 Å². The van der Waals surface area contributed by atoms with Gasteiger partial charge in [-0.15, -0.1) is 0 Å². The fourth-order valence-corrected chi connectivity index (χ4v) is 2.11. The van der Waals surface area contributed by atoms with E-state index in [9.17, 15) is 9.59 Å². The molecule has 1 heterocycles. The molecule has 0 saturated carbocycles. The fourth-order valence-electron chi connectivity index (χ4n) is 2.11. The van der Waals surface area contributed by atoms with Gasteiger partial charge in [-0.05, 0) is 13.3 Å². The van der Waals surface area contributed by atoms with Crippen molar-refractivity contribution in [3.8, 4) is 11.3 Å². The molecule has 0 aliphatic carbocycles. The number of amides is 3. The number of benzene rings is 1. The molecular formula is C18H24N4O3. The monoisotopic (exact) mass is 344 g/mol. The van der Waals surface area contributed by atoms with Gasteiger partial charge in [-0.25, -0.2) is 4.79 Å². The molecule has 0 aliphatic rings. The van der Waals surface area contributed by atoms with Crippen molar-refractivity contribution in [3.05, 3.63) is 42.2 Å². The summed E-state index contributed by atoms with van der Waals surface area (Å²) in [7, 11) is 0. The van der Waals surface area contributed by atoms with Crippen LogP contribution in [0.3, 0.4) is 0 Å². The van der Waals surface area contributed by atoms with E-state index < -0.39 is 0 Å². The lowest BCUT2D eigenvalue weighted by Crippen LogP contribution is -2.38. The van der Waals surface area contributed by atoms with Gasteiger partial charge in [-0.2, -0.15) is 0 Å². The molecule has 0 saturated heterocycles. The highest BCUT2D eigenvalue weighted by atomic mass is 16.5. The van der Waals surface area contributed by atoms with Crippen molar-refractivity contribution in [2.24, 2.45) is 0 Å². The van der Waals surface area contributed by atoms with Gasteiger partial charge in [-0.1, -0.05) is 42.4 Å². The minimum Gasteiger partial charge on any atom is -0.359 e. The largest absolute Gasteiger partial charge is 0.359 e. The molecule has 0 bridgehead atoms. The minimum absolute atomic E-state index is 0.0719. The van der Waals surface area contributed by atoms with E-state index >= 15 is 0 Å². The van der Waals surface area contributed by atoms with Gasteiger partial charge >= 0.3 is 6.03 Å². The summed E-state index contributed by atoms with van der Waals surface area (Å²) in [6.07, 6.45) is 1.13. The maximum atomic E-state index is 11.7. The second-order valence-electron chi connectivity index (χ2n) is 5.78. The molecule has 7 heteroatoms. The minimum atomic E-state index is -0.353. The number of nitrogens with zero attached hydrogens (tertiary/aromatic N) is 1. The first-order valence-electron chi connectivity index (χ1n) is 8.40. The van der Waals surface area contributed by atoms with Crippen molar-refractivity contribution < 1.29 is 14.1 Å². The van der Waals surface area contributed by atoms with E-state index in [0.29, 0.717) is 5.76 Å². The van der Waals surface area contributed by atoms with Crippen LogP contribution in [-0.4, -0.2) is 29.7 Å². The van der Waals surface area contributed by atoms with Gasteiger partial charge in [0.15, 0.2) is 5.76 Å². The molecule has 3 N–H and O–H groups in total. The Morgan fingerprint density at radius 2 is 1.96 bits per heavy atom. The van der Waals surface area contributed by atoms with Crippen LogP contribution >= 0.6 is 0 Å². The van der Waals surface area contributed by atoms with Crippen LogP contribution < -0.4 is 16.0 Å². The zero-order valence-corrected chi connectivity index (χ0v) is 14.5. The van der Waals surface area contributed by atoms with E-state index in [-0.39, 0.29) is 37.5 Å². The maximum Gasteiger partial charge on any atom is 0.315 e. The first-order chi connectivity index (χ1) is 12.1. The zero-order chi connectivity index (χ0) is 18.1. The maximum absolute atomic E-state index is 11.7. The Morgan fingerprint density at radius 3 is 2.68 bits per heavy atom. The van der Waals surface area contributed by atoms with Crippen molar-refractivity contribution in [1.29, 1.82) is 0 Å². The molecular weight excluding hydrogens is 320 g/mol. The Kier molecular flexibility index (Phi) is 7.00. The van der Waals surface area contributed by atoms with E-state index in [1.165, 1.54) is 0 Å². The van der Waals surface area contributed by atoms with Gasteiger partial charge in [-0.3, -0.25) is 4.79 Å². The fraction of sp³-hybridized carbons (Fsp3) is 0.389. The predicted molar refractivity (Wildman–Crippen MR) is 94.7 cm³/mol. The number of carbonyl (C=O) groups is 2. The number of carbonyl (C=O) groups excluding carboxylic acids is 2. The summed E-state index contributed by atoms with van der Waals surface area (Å²) >= 11 is 0. The highest BCUT2D eigenvalue weighted by Gasteiger charge is 2.09. The van der Waals surface area contributed by atoms with Crippen LogP contribution in [0.2, 0.25) is 0 Å². The number of nitrogens with one attached hydrogen (secondary N) is 3. The first kappa shape index (κ1) is 18.5. The number of rotatable bonds is 8. The van der Waals surface area contributed by atoms with E-state index in [0.717, 1.165) is 17.7 Å². The summed E-state index contributed by atoms with van der Waals surface area (Å²) in [5.74, 6) is 0.487. The quantitative estimate of drug-likeness (QED) is 0.685. The first-order valence-corrected chi connectivity index (χ1v) is 8.40. The summed E-state index contributed by atoms with van der Waals surface area (Å²) in [6.45, 7) is 4.45. The molecule has 2 rings (SSSR count). The molecule has 1 unspecified atom stereocenters. The van der Waals surface area contributed by atoms with E-state index in [4.69, 9.17) is 4.52 Å². The average molecular weight is 344 g/mol. The molecule has 0 radical (unpaired) electrons. The summed E-state index contributed by atoms with van der Waals surface area (Å²) in [5.41, 5.74) is 1.67. The lowest BCUT2D eigenvalue weighted by Gasteiger charge is -2.11. The van der Waals surface area contributed by atoms with Crippen LogP contribution in [0.5, 0.6) is 0 Å². The summed E-state index contributed by atoms with van der Waals surface area (Å²) in [6, 6.07) is 11.2. The van der Waals surface area contributed by atoms with E-state index in [1.54, 1.807) is 6.07 Å². The molecule has 0 aliphatic heterocycles. The predicted octanol–water partition coefficient (Wildman–Crippen LogP) is 2.45. The van der Waals surface area contributed by atoms with Crippen molar-refractivity contribution in [3.63, 3.8) is 0 Å². The molecule has 1 atom stereocenters. The molecule has 1 aromatic heterocycles.